The number of para-hydroxylation sites is 1. The number of alkyl halides is 3. The van der Waals surface area contributed by atoms with Gasteiger partial charge in [0.15, 0.2) is 0 Å². The Bertz CT molecular complexity index is 1230. The Morgan fingerprint density at radius 3 is 2.73 bits per heavy atom. The Morgan fingerprint density at radius 1 is 1.25 bits per heavy atom. The van der Waals surface area contributed by atoms with E-state index in [4.69, 9.17) is 0 Å². The normalized spacial score (nSPS) is 23.9. The predicted molar refractivity (Wildman–Crippen MR) is 145 cm³/mol. The van der Waals surface area contributed by atoms with Crippen LogP contribution >= 0.6 is 0 Å². The zero-order valence-corrected chi connectivity index (χ0v) is 23.1. The van der Waals surface area contributed by atoms with Crippen molar-refractivity contribution in [1.82, 2.24) is 15.3 Å². The van der Waals surface area contributed by atoms with Crippen LogP contribution in [-0.2, 0) is 11.3 Å². The first-order valence-corrected chi connectivity index (χ1v) is 13.9. The molecule has 0 aliphatic heterocycles. The van der Waals surface area contributed by atoms with Gasteiger partial charge in [-0.2, -0.15) is 10.2 Å². The average Bonchev–Trinajstić information content (AvgIpc) is 3.25. The molecule has 1 amide bonds. The van der Waals surface area contributed by atoms with Gasteiger partial charge in [-0.1, -0.05) is 45.4 Å². The number of hydrogen-bond acceptors (Lipinski definition) is 7. The van der Waals surface area contributed by atoms with E-state index in [-0.39, 0.29) is 35.6 Å². The van der Waals surface area contributed by atoms with Gasteiger partial charge in [-0.25, -0.2) is 4.98 Å². The largest absolute Gasteiger partial charge is 0.573 e. The number of carbonyl (C=O) groups is 1. The van der Waals surface area contributed by atoms with Crippen LogP contribution in [0.5, 0.6) is 5.75 Å². The van der Waals surface area contributed by atoms with E-state index in [0.717, 1.165) is 32.1 Å². The minimum atomic E-state index is -4.80. The Morgan fingerprint density at radius 2 is 2.02 bits per heavy atom. The molecule has 8 nitrogen and oxygen atoms in total. The standard InChI is InChI=1S/C29H37F3N6O2/c1-4-19-12-28(10-9-20(13-28)25(19)37-24(39)11-18(2)3)17-36-26-22(14-33)16-35-27(38-26)34-15-21-7-5-6-8-23(21)40-29(30,31)32/h5-8,16,18-20,25H,4,9-13,15,17H2,1-3H3,(H,37,39)(H2,34,35,36,38). The summed E-state index contributed by atoms with van der Waals surface area (Å²) >= 11 is 0. The molecule has 0 spiro atoms. The molecule has 4 unspecified atom stereocenters. The Hall–Kier alpha value is -3.55. The van der Waals surface area contributed by atoms with Gasteiger partial charge in [0.05, 0.1) is 6.20 Å². The van der Waals surface area contributed by atoms with E-state index in [1.165, 1.54) is 24.4 Å². The van der Waals surface area contributed by atoms with Crippen LogP contribution in [0.2, 0.25) is 0 Å². The van der Waals surface area contributed by atoms with Gasteiger partial charge in [-0.05, 0) is 54.9 Å². The van der Waals surface area contributed by atoms with Crippen molar-refractivity contribution in [2.45, 2.75) is 78.2 Å². The van der Waals surface area contributed by atoms with Crippen LogP contribution in [0.3, 0.4) is 0 Å². The third-order valence-electron chi connectivity index (χ3n) is 8.07. The molecular weight excluding hydrogens is 521 g/mol. The molecule has 1 heterocycles. The second kappa shape index (κ2) is 12.3. The van der Waals surface area contributed by atoms with E-state index in [1.807, 2.05) is 0 Å². The molecule has 0 saturated heterocycles. The summed E-state index contributed by atoms with van der Waals surface area (Å²) in [5.41, 5.74) is 0.629. The Kier molecular flexibility index (Phi) is 9.06. The number of nitrogens with zero attached hydrogens (tertiary/aromatic N) is 3. The summed E-state index contributed by atoms with van der Waals surface area (Å²) in [6, 6.07) is 8.17. The van der Waals surface area contributed by atoms with Crippen molar-refractivity contribution in [1.29, 1.82) is 5.26 Å². The van der Waals surface area contributed by atoms with Crippen LogP contribution in [0.25, 0.3) is 0 Å². The fourth-order valence-corrected chi connectivity index (χ4v) is 6.30. The number of aromatic nitrogens is 2. The molecule has 11 heteroatoms. The highest BCUT2D eigenvalue weighted by Gasteiger charge is 2.50. The van der Waals surface area contributed by atoms with Gasteiger partial charge in [0.25, 0.3) is 0 Å². The van der Waals surface area contributed by atoms with E-state index in [9.17, 15) is 23.2 Å². The van der Waals surface area contributed by atoms with Gasteiger partial charge in [0.2, 0.25) is 11.9 Å². The first-order chi connectivity index (χ1) is 19.0. The third kappa shape index (κ3) is 7.34. The van der Waals surface area contributed by atoms with Gasteiger partial charge in [0.1, 0.15) is 23.2 Å². The smallest absolute Gasteiger partial charge is 0.405 e. The maximum absolute atomic E-state index is 12.8. The highest BCUT2D eigenvalue weighted by atomic mass is 19.4. The molecule has 0 radical (unpaired) electrons. The molecular formula is C29H37F3N6O2. The number of halogens is 3. The lowest BCUT2D eigenvalue weighted by Gasteiger charge is -2.43. The van der Waals surface area contributed by atoms with Gasteiger partial charge in [-0.3, -0.25) is 4.79 Å². The van der Waals surface area contributed by atoms with Crippen LogP contribution in [-0.4, -0.2) is 34.8 Å². The molecule has 4 rings (SSSR count). The number of carbonyl (C=O) groups excluding carboxylic acids is 1. The number of fused-ring (bicyclic) bond motifs is 2. The molecule has 2 aliphatic carbocycles. The van der Waals surface area contributed by atoms with Gasteiger partial charge in [0, 0.05) is 31.1 Å². The van der Waals surface area contributed by atoms with Crippen LogP contribution in [0.4, 0.5) is 24.9 Å². The van der Waals surface area contributed by atoms with Crippen LogP contribution in [0.1, 0.15) is 70.4 Å². The number of nitrogens with one attached hydrogen (secondary N) is 3. The third-order valence-corrected chi connectivity index (χ3v) is 8.07. The predicted octanol–water partition coefficient (Wildman–Crippen LogP) is 6.02. The number of rotatable bonds is 11. The fraction of sp³-hybridized carbons (Fsp3) is 0.586. The second-order valence-corrected chi connectivity index (χ2v) is 11.5. The molecule has 2 fully saturated rings. The summed E-state index contributed by atoms with van der Waals surface area (Å²) in [6.45, 7) is 6.92. The van der Waals surface area contributed by atoms with Crippen molar-refractivity contribution in [3.63, 3.8) is 0 Å². The Balaban J connectivity index is 1.42. The topological polar surface area (TPSA) is 112 Å². The van der Waals surface area contributed by atoms with Crippen molar-refractivity contribution in [2.24, 2.45) is 23.2 Å². The zero-order valence-electron chi connectivity index (χ0n) is 23.1. The summed E-state index contributed by atoms with van der Waals surface area (Å²) in [5, 5.41) is 19.3. The van der Waals surface area contributed by atoms with E-state index < -0.39 is 6.36 Å². The minimum absolute atomic E-state index is 0.00527. The first-order valence-electron chi connectivity index (χ1n) is 13.9. The van der Waals surface area contributed by atoms with Crippen molar-refractivity contribution in [2.75, 3.05) is 17.2 Å². The maximum atomic E-state index is 12.8. The van der Waals surface area contributed by atoms with Crippen LogP contribution in [0.15, 0.2) is 30.5 Å². The van der Waals surface area contributed by atoms with Crippen molar-refractivity contribution >= 4 is 17.7 Å². The number of benzene rings is 1. The van der Waals surface area contributed by atoms with E-state index >= 15 is 0 Å². The number of ether oxygens (including phenoxy) is 1. The molecule has 1 aromatic heterocycles. The SMILES string of the molecule is CCC1CC2(CNc3nc(NCc4ccccc4OC(F)(F)F)ncc3C#N)CCC(C2)C1NC(=O)CC(C)C. The monoisotopic (exact) mass is 558 g/mol. The maximum Gasteiger partial charge on any atom is 0.573 e. The fourth-order valence-electron chi connectivity index (χ4n) is 6.30. The van der Waals surface area contributed by atoms with E-state index in [0.29, 0.717) is 47.7 Å². The highest BCUT2D eigenvalue weighted by molar-refractivity contribution is 5.76. The van der Waals surface area contributed by atoms with Crippen LogP contribution in [0, 0.1) is 34.5 Å². The lowest BCUT2D eigenvalue weighted by molar-refractivity contribution is -0.274. The lowest BCUT2D eigenvalue weighted by Crippen LogP contribution is -2.50. The van der Waals surface area contributed by atoms with Crippen LogP contribution < -0.4 is 20.7 Å². The molecule has 1 aromatic carbocycles. The van der Waals surface area contributed by atoms with E-state index in [2.05, 4.69) is 57.5 Å². The second-order valence-electron chi connectivity index (χ2n) is 11.5. The summed E-state index contributed by atoms with van der Waals surface area (Å²) in [5.74, 6) is 1.53. The number of hydrogen-bond donors (Lipinski definition) is 3. The van der Waals surface area contributed by atoms with E-state index in [1.54, 1.807) is 6.07 Å². The summed E-state index contributed by atoms with van der Waals surface area (Å²) in [7, 11) is 0. The zero-order chi connectivity index (χ0) is 28.9. The molecule has 2 aromatic rings. The molecule has 2 saturated carbocycles. The molecule has 216 valence electrons. The summed E-state index contributed by atoms with van der Waals surface area (Å²) < 4.78 is 42.4. The number of nitriles is 1. The number of amides is 1. The van der Waals surface area contributed by atoms with Crippen molar-refractivity contribution in [3.8, 4) is 11.8 Å². The quantitative estimate of drug-likeness (QED) is 0.309. The molecule has 40 heavy (non-hydrogen) atoms. The first kappa shape index (κ1) is 29.4. The Labute approximate surface area is 233 Å². The van der Waals surface area contributed by atoms with Gasteiger partial charge in [-0.15, -0.1) is 13.2 Å². The number of anilines is 2. The van der Waals surface area contributed by atoms with Crippen molar-refractivity contribution < 1.29 is 22.7 Å². The molecule has 4 atom stereocenters. The molecule has 2 bridgehead atoms. The highest BCUT2D eigenvalue weighted by Crippen LogP contribution is 2.54. The van der Waals surface area contributed by atoms with Gasteiger partial charge >= 0.3 is 6.36 Å². The molecule has 2 aliphatic rings. The van der Waals surface area contributed by atoms with Crippen molar-refractivity contribution in [3.05, 3.63) is 41.6 Å². The van der Waals surface area contributed by atoms with Gasteiger partial charge < -0.3 is 20.7 Å². The summed E-state index contributed by atoms with van der Waals surface area (Å²) in [4.78, 5) is 21.2. The lowest BCUT2D eigenvalue weighted by atomic mass is 9.67. The average molecular weight is 559 g/mol. The molecule has 3 N–H and O–H groups in total. The minimum Gasteiger partial charge on any atom is -0.405 e. The summed E-state index contributed by atoms with van der Waals surface area (Å²) in [6.07, 6.45) is 2.18.